The van der Waals surface area contributed by atoms with Crippen molar-refractivity contribution >= 4 is 23.5 Å². The largest absolute Gasteiger partial charge is 0.439 e. The van der Waals surface area contributed by atoms with Gasteiger partial charge < -0.3 is 10.1 Å². The Kier molecular flexibility index (Phi) is 2.29. The summed E-state index contributed by atoms with van der Waals surface area (Å²) in [6.07, 6.45) is 4.17. The molecule has 0 aromatic heterocycles. The molecular formula is C9H8ClNO3. The van der Waals surface area contributed by atoms with Gasteiger partial charge in [-0.05, 0) is 6.08 Å². The maximum atomic E-state index is 11.2. The van der Waals surface area contributed by atoms with Crippen molar-refractivity contribution in [2.75, 3.05) is 5.88 Å². The smallest absolute Gasteiger partial charge is 0.408 e. The third-order valence-corrected chi connectivity index (χ3v) is 2.39. The van der Waals surface area contributed by atoms with Crippen LogP contribution in [-0.4, -0.2) is 29.9 Å². The number of ether oxygens (including phenoxy) is 1. The predicted octanol–water partition coefficient (Wildman–Crippen LogP) is 0.767. The van der Waals surface area contributed by atoms with E-state index >= 15 is 0 Å². The summed E-state index contributed by atoms with van der Waals surface area (Å²) in [6.45, 7) is 0. The number of nitrogens with one attached hydrogen (secondary N) is 1. The zero-order valence-electron chi connectivity index (χ0n) is 7.20. The van der Waals surface area contributed by atoms with Crippen molar-refractivity contribution in [3.63, 3.8) is 0 Å². The Morgan fingerprint density at radius 2 is 2.43 bits per heavy atom. The Morgan fingerprint density at radius 3 is 3.14 bits per heavy atom. The molecule has 14 heavy (non-hydrogen) atoms. The number of hydrogen-bond acceptors (Lipinski definition) is 3. The van der Waals surface area contributed by atoms with E-state index in [1.807, 2.05) is 0 Å². The van der Waals surface area contributed by atoms with Gasteiger partial charge in [0.25, 0.3) is 0 Å². The lowest BCUT2D eigenvalue weighted by Gasteiger charge is -2.14. The average Bonchev–Trinajstić information content (AvgIpc) is 2.55. The lowest BCUT2D eigenvalue weighted by Crippen LogP contribution is -2.30. The van der Waals surface area contributed by atoms with Gasteiger partial charge in [0.15, 0.2) is 5.78 Å². The van der Waals surface area contributed by atoms with Gasteiger partial charge in [0.1, 0.15) is 6.10 Å². The summed E-state index contributed by atoms with van der Waals surface area (Å²) in [5, 5.41) is 2.60. The molecule has 2 atom stereocenters. The fourth-order valence-corrected chi connectivity index (χ4v) is 1.60. The Labute approximate surface area is 85.6 Å². The number of hydrogen-bond donors (Lipinski definition) is 1. The van der Waals surface area contributed by atoms with E-state index in [0.717, 1.165) is 0 Å². The first-order valence-corrected chi connectivity index (χ1v) is 4.70. The quantitative estimate of drug-likeness (QED) is 0.690. The van der Waals surface area contributed by atoms with Crippen LogP contribution in [0.15, 0.2) is 23.8 Å². The normalized spacial score (nSPS) is 28.9. The van der Waals surface area contributed by atoms with Gasteiger partial charge in [-0.3, -0.25) is 4.79 Å². The standard InChI is InChI=1S/C9H8ClNO3/c10-4-7(12)5-1-2-6-8(3-5)14-9(13)11-6/h1-3,6,8H,4H2,(H,11,13). The Morgan fingerprint density at radius 1 is 1.64 bits per heavy atom. The SMILES string of the molecule is O=C1NC2C=CC(C(=O)CCl)=CC2O1. The Balaban J connectivity index is 2.18. The highest BCUT2D eigenvalue weighted by molar-refractivity contribution is 6.30. The molecule has 2 aliphatic rings. The number of alkyl carbamates (subject to hydrolysis) is 1. The topological polar surface area (TPSA) is 55.4 Å². The number of carbonyl (C=O) groups excluding carboxylic acids is 2. The molecule has 0 aromatic rings. The molecule has 1 aliphatic heterocycles. The van der Waals surface area contributed by atoms with Crippen molar-refractivity contribution < 1.29 is 14.3 Å². The van der Waals surface area contributed by atoms with Gasteiger partial charge in [-0.15, -0.1) is 11.6 Å². The second kappa shape index (κ2) is 3.46. The molecule has 1 heterocycles. The molecule has 1 saturated heterocycles. The molecule has 1 aliphatic carbocycles. The first-order valence-electron chi connectivity index (χ1n) is 4.17. The summed E-state index contributed by atoms with van der Waals surface area (Å²) in [5.74, 6) is -0.223. The molecule has 1 N–H and O–H groups in total. The van der Waals surface area contributed by atoms with Gasteiger partial charge in [-0.2, -0.15) is 0 Å². The lowest BCUT2D eigenvalue weighted by molar-refractivity contribution is -0.113. The fourth-order valence-electron chi connectivity index (χ4n) is 1.45. The average molecular weight is 214 g/mol. The van der Waals surface area contributed by atoms with Crippen molar-refractivity contribution in [3.8, 4) is 0 Å². The highest BCUT2D eigenvalue weighted by Gasteiger charge is 2.33. The van der Waals surface area contributed by atoms with Gasteiger partial charge in [-0.1, -0.05) is 12.2 Å². The number of halogens is 1. The van der Waals surface area contributed by atoms with Gasteiger partial charge in [0.2, 0.25) is 0 Å². The van der Waals surface area contributed by atoms with Crippen LogP contribution >= 0.6 is 11.6 Å². The number of ketones is 1. The van der Waals surface area contributed by atoms with Crippen LogP contribution in [0.1, 0.15) is 0 Å². The monoisotopic (exact) mass is 213 g/mol. The number of amides is 1. The molecule has 0 bridgehead atoms. The van der Waals surface area contributed by atoms with E-state index in [9.17, 15) is 9.59 Å². The van der Waals surface area contributed by atoms with E-state index in [0.29, 0.717) is 5.57 Å². The van der Waals surface area contributed by atoms with E-state index in [4.69, 9.17) is 16.3 Å². The highest BCUT2D eigenvalue weighted by Crippen LogP contribution is 2.19. The zero-order valence-corrected chi connectivity index (χ0v) is 7.95. The number of fused-ring (bicyclic) bond motifs is 1. The molecule has 74 valence electrons. The molecule has 1 amide bonds. The summed E-state index contributed by atoms with van der Waals surface area (Å²) >= 11 is 5.41. The first-order chi connectivity index (χ1) is 6.70. The van der Waals surface area contributed by atoms with Gasteiger partial charge >= 0.3 is 6.09 Å². The van der Waals surface area contributed by atoms with Crippen molar-refractivity contribution in [2.45, 2.75) is 12.1 Å². The zero-order chi connectivity index (χ0) is 10.1. The molecule has 0 radical (unpaired) electrons. The Hall–Kier alpha value is -1.29. The third-order valence-electron chi connectivity index (χ3n) is 2.15. The van der Waals surface area contributed by atoms with Gasteiger partial charge in [-0.25, -0.2) is 4.79 Å². The lowest BCUT2D eigenvalue weighted by atomic mass is 9.99. The molecular weight excluding hydrogens is 206 g/mol. The van der Waals surface area contributed by atoms with Crippen LogP contribution in [0.4, 0.5) is 4.79 Å². The molecule has 2 unspecified atom stereocenters. The van der Waals surface area contributed by atoms with Crippen LogP contribution < -0.4 is 5.32 Å². The molecule has 4 nitrogen and oxygen atoms in total. The minimum absolute atomic E-state index is 0.0606. The third kappa shape index (κ3) is 1.53. The fraction of sp³-hybridized carbons (Fsp3) is 0.333. The summed E-state index contributed by atoms with van der Waals surface area (Å²) in [4.78, 5) is 22.1. The summed E-state index contributed by atoms with van der Waals surface area (Å²) in [6, 6.07) is -0.158. The summed E-state index contributed by atoms with van der Waals surface area (Å²) < 4.78 is 4.92. The van der Waals surface area contributed by atoms with Crippen LogP contribution in [-0.2, 0) is 9.53 Å². The van der Waals surface area contributed by atoms with Crippen molar-refractivity contribution in [1.29, 1.82) is 0 Å². The van der Waals surface area contributed by atoms with Crippen LogP contribution in [0.3, 0.4) is 0 Å². The second-order valence-electron chi connectivity index (χ2n) is 3.08. The van der Waals surface area contributed by atoms with Gasteiger partial charge in [0.05, 0.1) is 11.9 Å². The summed E-state index contributed by atoms with van der Waals surface area (Å²) in [7, 11) is 0. The number of carbonyl (C=O) groups is 2. The molecule has 0 aromatic carbocycles. The van der Waals surface area contributed by atoms with Crippen LogP contribution in [0.5, 0.6) is 0 Å². The van der Waals surface area contributed by atoms with E-state index < -0.39 is 6.09 Å². The van der Waals surface area contributed by atoms with E-state index in [1.54, 1.807) is 18.2 Å². The maximum absolute atomic E-state index is 11.2. The van der Waals surface area contributed by atoms with Gasteiger partial charge in [0, 0.05) is 5.57 Å². The van der Waals surface area contributed by atoms with Crippen molar-refractivity contribution in [1.82, 2.24) is 5.32 Å². The van der Waals surface area contributed by atoms with E-state index in [2.05, 4.69) is 5.32 Å². The minimum atomic E-state index is -0.458. The van der Waals surface area contributed by atoms with Crippen molar-refractivity contribution in [2.24, 2.45) is 0 Å². The number of allylic oxidation sites excluding steroid dienone is 2. The molecule has 0 spiro atoms. The summed E-state index contributed by atoms with van der Waals surface area (Å²) in [5.41, 5.74) is 0.498. The van der Waals surface area contributed by atoms with Crippen molar-refractivity contribution in [3.05, 3.63) is 23.8 Å². The van der Waals surface area contributed by atoms with Crippen LogP contribution in [0.2, 0.25) is 0 Å². The second-order valence-corrected chi connectivity index (χ2v) is 3.35. The Bertz CT molecular complexity index is 348. The number of alkyl halides is 1. The number of rotatable bonds is 2. The van der Waals surface area contributed by atoms with E-state index in [-0.39, 0.29) is 23.8 Å². The molecule has 0 saturated carbocycles. The predicted molar refractivity (Wildman–Crippen MR) is 50.1 cm³/mol. The van der Waals surface area contributed by atoms with E-state index in [1.165, 1.54) is 0 Å². The maximum Gasteiger partial charge on any atom is 0.408 e. The first kappa shape index (κ1) is 9.27. The number of Topliss-reactive ketones (excluding diaryl/α,β-unsaturated/α-hetero) is 1. The highest BCUT2D eigenvalue weighted by atomic mass is 35.5. The molecule has 1 fully saturated rings. The van der Waals surface area contributed by atoms with Crippen LogP contribution in [0, 0.1) is 0 Å². The molecule has 5 heteroatoms. The van der Waals surface area contributed by atoms with Crippen LogP contribution in [0.25, 0.3) is 0 Å². The molecule has 2 rings (SSSR count). The minimum Gasteiger partial charge on any atom is -0.439 e.